The smallest absolute Gasteiger partial charge is 0.229 e. The Balaban J connectivity index is 2.19. The van der Waals surface area contributed by atoms with E-state index in [0.717, 1.165) is 25.1 Å². The van der Waals surface area contributed by atoms with Crippen molar-refractivity contribution in [2.45, 2.75) is 32.2 Å². The first-order valence-electron chi connectivity index (χ1n) is 5.12. The SMILES string of the molecule is CCNC(=O)C1CCCn2nccc21. The third-order valence-corrected chi connectivity index (χ3v) is 2.64. The molecule has 0 aliphatic carbocycles. The lowest BCUT2D eigenvalue weighted by Crippen LogP contribution is -2.32. The second-order valence-electron chi connectivity index (χ2n) is 3.57. The van der Waals surface area contributed by atoms with Crippen LogP contribution in [0.2, 0.25) is 0 Å². The molecule has 76 valence electrons. The summed E-state index contributed by atoms with van der Waals surface area (Å²) in [6.07, 6.45) is 3.75. The Bertz CT molecular complexity index is 332. The van der Waals surface area contributed by atoms with Gasteiger partial charge in [-0.05, 0) is 25.8 Å². The molecule has 0 bridgehead atoms. The average Bonchev–Trinajstić information content (AvgIpc) is 2.65. The van der Waals surface area contributed by atoms with E-state index in [9.17, 15) is 4.79 Å². The number of likely N-dealkylation sites (N-methyl/N-ethyl adjacent to an activating group) is 1. The lowest BCUT2D eigenvalue weighted by Gasteiger charge is -2.22. The first-order chi connectivity index (χ1) is 6.83. The number of aryl methyl sites for hydroxylation is 1. The maximum Gasteiger partial charge on any atom is 0.229 e. The minimum atomic E-state index is 0.00574. The van der Waals surface area contributed by atoms with E-state index in [1.54, 1.807) is 6.20 Å². The molecule has 0 saturated heterocycles. The fraction of sp³-hybridized carbons (Fsp3) is 0.600. The molecule has 0 radical (unpaired) electrons. The van der Waals surface area contributed by atoms with E-state index in [-0.39, 0.29) is 11.8 Å². The Morgan fingerprint density at radius 2 is 2.64 bits per heavy atom. The molecule has 4 nitrogen and oxygen atoms in total. The molecule has 0 fully saturated rings. The van der Waals surface area contributed by atoms with Gasteiger partial charge in [0.15, 0.2) is 0 Å². The van der Waals surface area contributed by atoms with Gasteiger partial charge >= 0.3 is 0 Å². The van der Waals surface area contributed by atoms with Crippen molar-refractivity contribution in [2.24, 2.45) is 0 Å². The molecular weight excluding hydrogens is 178 g/mol. The van der Waals surface area contributed by atoms with E-state index < -0.39 is 0 Å². The molecule has 1 aromatic rings. The zero-order chi connectivity index (χ0) is 9.97. The average molecular weight is 193 g/mol. The molecule has 2 heterocycles. The number of hydrogen-bond donors (Lipinski definition) is 1. The Morgan fingerprint density at radius 3 is 3.43 bits per heavy atom. The van der Waals surface area contributed by atoms with Crippen LogP contribution in [0.15, 0.2) is 12.3 Å². The minimum Gasteiger partial charge on any atom is -0.356 e. The first kappa shape index (κ1) is 9.24. The third-order valence-electron chi connectivity index (χ3n) is 2.64. The van der Waals surface area contributed by atoms with Crippen LogP contribution in [0.1, 0.15) is 31.4 Å². The number of nitrogens with zero attached hydrogens (tertiary/aromatic N) is 2. The summed E-state index contributed by atoms with van der Waals surface area (Å²) in [6, 6.07) is 1.94. The van der Waals surface area contributed by atoms with Gasteiger partial charge in [-0.2, -0.15) is 5.10 Å². The maximum atomic E-state index is 11.7. The molecule has 1 aromatic heterocycles. The predicted molar refractivity (Wildman–Crippen MR) is 52.9 cm³/mol. The molecule has 1 amide bonds. The zero-order valence-corrected chi connectivity index (χ0v) is 8.36. The van der Waals surface area contributed by atoms with Crippen molar-refractivity contribution in [3.05, 3.63) is 18.0 Å². The molecule has 4 heteroatoms. The minimum absolute atomic E-state index is 0.00574. The number of carbonyl (C=O) groups excluding carboxylic acids is 1. The molecule has 0 saturated carbocycles. The van der Waals surface area contributed by atoms with E-state index in [0.29, 0.717) is 6.54 Å². The van der Waals surface area contributed by atoms with Crippen molar-refractivity contribution < 1.29 is 4.79 Å². The summed E-state index contributed by atoms with van der Waals surface area (Å²) in [5, 5.41) is 7.05. The van der Waals surface area contributed by atoms with Crippen LogP contribution in [0.25, 0.3) is 0 Å². The predicted octanol–water partition coefficient (Wildman–Crippen LogP) is 0.897. The molecule has 1 aliphatic heterocycles. The summed E-state index contributed by atoms with van der Waals surface area (Å²) in [7, 11) is 0. The molecular formula is C10H15N3O. The van der Waals surface area contributed by atoms with E-state index in [1.807, 2.05) is 17.7 Å². The fourth-order valence-electron chi connectivity index (χ4n) is 1.98. The number of aromatic nitrogens is 2. The van der Waals surface area contributed by atoms with Crippen LogP contribution in [0.3, 0.4) is 0 Å². The van der Waals surface area contributed by atoms with Gasteiger partial charge < -0.3 is 5.32 Å². The largest absolute Gasteiger partial charge is 0.356 e. The molecule has 0 spiro atoms. The molecule has 0 aromatic carbocycles. The van der Waals surface area contributed by atoms with Crippen LogP contribution in [-0.4, -0.2) is 22.2 Å². The van der Waals surface area contributed by atoms with E-state index >= 15 is 0 Å². The summed E-state index contributed by atoms with van der Waals surface area (Å²) in [5.74, 6) is 0.139. The van der Waals surface area contributed by atoms with Crippen LogP contribution >= 0.6 is 0 Å². The van der Waals surface area contributed by atoms with Gasteiger partial charge in [0.1, 0.15) is 0 Å². The number of hydrogen-bond acceptors (Lipinski definition) is 2. The Morgan fingerprint density at radius 1 is 1.79 bits per heavy atom. The molecule has 2 rings (SSSR count). The molecule has 1 aliphatic rings. The van der Waals surface area contributed by atoms with Gasteiger partial charge in [0.25, 0.3) is 0 Å². The zero-order valence-electron chi connectivity index (χ0n) is 8.36. The normalized spacial score (nSPS) is 20.2. The number of rotatable bonds is 2. The van der Waals surface area contributed by atoms with E-state index in [4.69, 9.17) is 0 Å². The Kier molecular flexibility index (Phi) is 2.52. The molecule has 1 atom stereocenters. The summed E-state index contributed by atoms with van der Waals surface area (Å²) < 4.78 is 1.93. The van der Waals surface area contributed by atoms with Crippen LogP contribution in [-0.2, 0) is 11.3 Å². The van der Waals surface area contributed by atoms with Gasteiger partial charge in [0.05, 0.1) is 11.6 Å². The highest BCUT2D eigenvalue weighted by molar-refractivity contribution is 5.83. The number of carbonyl (C=O) groups is 1. The van der Waals surface area contributed by atoms with Gasteiger partial charge in [0, 0.05) is 19.3 Å². The fourth-order valence-corrected chi connectivity index (χ4v) is 1.98. The molecule has 1 unspecified atom stereocenters. The van der Waals surface area contributed by atoms with Crippen molar-refractivity contribution in [1.29, 1.82) is 0 Å². The first-order valence-corrected chi connectivity index (χ1v) is 5.12. The lowest BCUT2D eigenvalue weighted by atomic mass is 9.95. The van der Waals surface area contributed by atoms with Crippen molar-refractivity contribution >= 4 is 5.91 Å². The Hall–Kier alpha value is -1.32. The molecule has 14 heavy (non-hydrogen) atoms. The molecule has 1 N–H and O–H groups in total. The second kappa shape index (κ2) is 3.82. The van der Waals surface area contributed by atoms with Crippen LogP contribution in [0, 0.1) is 0 Å². The number of amides is 1. The standard InChI is InChI=1S/C10H15N3O/c1-2-11-10(14)8-4-3-7-13-9(8)5-6-12-13/h5-6,8H,2-4,7H2,1H3,(H,11,14). The van der Waals surface area contributed by atoms with Crippen molar-refractivity contribution in [2.75, 3.05) is 6.54 Å². The number of nitrogens with one attached hydrogen (secondary N) is 1. The Labute approximate surface area is 83.3 Å². The van der Waals surface area contributed by atoms with Crippen LogP contribution < -0.4 is 5.32 Å². The van der Waals surface area contributed by atoms with E-state index in [1.165, 1.54) is 0 Å². The second-order valence-corrected chi connectivity index (χ2v) is 3.57. The van der Waals surface area contributed by atoms with Gasteiger partial charge in [-0.1, -0.05) is 0 Å². The monoisotopic (exact) mass is 193 g/mol. The van der Waals surface area contributed by atoms with Crippen LogP contribution in [0.5, 0.6) is 0 Å². The van der Waals surface area contributed by atoms with E-state index in [2.05, 4.69) is 10.4 Å². The summed E-state index contributed by atoms with van der Waals surface area (Å²) in [5.41, 5.74) is 1.06. The quantitative estimate of drug-likeness (QED) is 0.758. The van der Waals surface area contributed by atoms with Gasteiger partial charge in [-0.3, -0.25) is 9.48 Å². The summed E-state index contributed by atoms with van der Waals surface area (Å²) >= 11 is 0. The van der Waals surface area contributed by atoms with Crippen molar-refractivity contribution in [3.63, 3.8) is 0 Å². The summed E-state index contributed by atoms with van der Waals surface area (Å²) in [6.45, 7) is 3.58. The third kappa shape index (κ3) is 1.52. The highest BCUT2D eigenvalue weighted by Gasteiger charge is 2.26. The highest BCUT2D eigenvalue weighted by Crippen LogP contribution is 2.26. The van der Waals surface area contributed by atoms with Gasteiger partial charge in [0.2, 0.25) is 5.91 Å². The van der Waals surface area contributed by atoms with Crippen molar-refractivity contribution in [1.82, 2.24) is 15.1 Å². The van der Waals surface area contributed by atoms with Crippen LogP contribution in [0.4, 0.5) is 0 Å². The lowest BCUT2D eigenvalue weighted by molar-refractivity contribution is -0.123. The van der Waals surface area contributed by atoms with Gasteiger partial charge in [-0.15, -0.1) is 0 Å². The maximum absolute atomic E-state index is 11.7. The topological polar surface area (TPSA) is 46.9 Å². The van der Waals surface area contributed by atoms with Gasteiger partial charge in [-0.25, -0.2) is 0 Å². The van der Waals surface area contributed by atoms with Crippen molar-refractivity contribution in [3.8, 4) is 0 Å². The summed E-state index contributed by atoms with van der Waals surface area (Å²) in [4.78, 5) is 11.7. The highest BCUT2D eigenvalue weighted by atomic mass is 16.1. The number of fused-ring (bicyclic) bond motifs is 1.